The molecule has 0 unspecified atom stereocenters. The first-order valence-corrected chi connectivity index (χ1v) is 8.17. The largest absolute Gasteiger partial charge is 0.199 e. The molecule has 2 aromatic rings. The molecule has 0 aliphatic carbocycles. The molecule has 0 atom stereocenters. The Labute approximate surface area is 129 Å². The zero-order valence-corrected chi connectivity index (χ0v) is 14.1. The van der Waals surface area contributed by atoms with E-state index in [1.807, 2.05) is 0 Å². The first-order valence-electron chi connectivity index (χ1n) is 8.17. The highest BCUT2D eigenvalue weighted by Gasteiger charge is 2.23. The molecule has 1 heteroatoms. The van der Waals surface area contributed by atoms with E-state index < -0.39 is 0 Å². The summed E-state index contributed by atoms with van der Waals surface area (Å²) >= 11 is 0. The number of benzene rings is 1. The van der Waals surface area contributed by atoms with Gasteiger partial charge in [-0.1, -0.05) is 65.0 Å². The van der Waals surface area contributed by atoms with Crippen LogP contribution in [0.2, 0.25) is 0 Å². The van der Waals surface area contributed by atoms with Crippen LogP contribution in [0.4, 0.5) is 0 Å². The molecular formula is C20H28N+. The van der Waals surface area contributed by atoms with Crippen LogP contribution in [0.15, 0.2) is 42.5 Å². The third-order valence-electron chi connectivity index (χ3n) is 3.97. The van der Waals surface area contributed by atoms with Crippen molar-refractivity contribution in [3.8, 4) is 11.1 Å². The van der Waals surface area contributed by atoms with Crippen LogP contribution in [0.3, 0.4) is 0 Å². The molecule has 0 radical (unpaired) electrons. The Kier molecular flexibility index (Phi) is 5.17. The van der Waals surface area contributed by atoms with Crippen molar-refractivity contribution >= 4 is 0 Å². The number of rotatable bonds is 5. The minimum absolute atomic E-state index is 0.540. The fraction of sp³-hybridized carbons (Fsp3) is 0.450. The highest BCUT2D eigenvalue weighted by atomic mass is 15.0. The monoisotopic (exact) mass is 282 g/mol. The quantitative estimate of drug-likeness (QED) is 0.655. The van der Waals surface area contributed by atoms with Gasteiger partial charge < -0.3 is 0 Å². The van der Waals surface area contributed by atoms with Gasteiger partial charge in [-0.05, 0) is 11.1 Å². The summed E-state index contributed by atoms with van der Waals surface area (Å²) in [5.41, 5.74) is 5.55. The SMILES string of the molecule is CCC[n+]1c(C(C)C)cc(-c2ccccc2)cc1C(C)C. The summed E-state index contributed by atoms with van der Waals surface area (Å²) in [5, 5.41) is 0. The van der Waals surface area contributed by atoms with Crippen molar-refractivity contribution in [1.29, 1.82) is 0 Å². The lowest BCUT2D eigenvalue weighted by atomic mass is 9.97. The Morgan fingerprint density at radius 3 is 1.76 bits per heavy atom. The van der Waals surface area contributed by atoms with E-state index in [4.69, 9.17) is 0 Å². The summed E-state index contributed by atoms with van der Waals surface area (Å²) in [6, 6.07) is 15.5. The van der Waals surface area contributed by atoms with Crippen molar-refractivity contribution in [3.05, 3.63) is 53.9 Å². The highest BCUT2D eigenvalue weighted by molar-refractivity contribution is 5.63. The van der Waals surface area contributed by atoms with Gasteiger partial charge in [0.25, 0.3) is 0 Å². The molecule has 0 aliphatic heterocycles. The summed E-state index contributed by atoms with van der Waals surface area (Å²) < 4.78 is 2.53. The lowest BCUT2D eigenvalue weighted by Gasteiger charge is -2.15. The average molecular weight is 282 g/mol. The average Bonchev–Trinajstić information content (AvgIpc) is 2.48. The van der Waals surface area contributed by atoms with Crippen LogP contribution < -0.4 is 4.57 Å². The molecule has 0 bridgehead atoms. The molecule has 1 nitrogen and oxygen atoms in total. The first kappa shape index (κ1) is 15.8. The van der Waals surface area contributed by atoms with Gasteiger partial charge in [-0.2, -0.15) is 4.57 Å². The summed E-state index contributed by atoms with van der Waals surface area (Å²) in [6.45, 7) is 12.5. The topological polar surface area (TPSA) is 3.88 Å². The standard InChI is InChI=1S/C20H28N/c1-6-12-21-19(15(2)3)13-18(14-20(21)16(4)5)17-10-8-7-9-11-17/h7-11,13-16H,6,12H2,1-5H3/q+1. The van der Waals surface area contributed by atoms with Gasteiger partial charge in [0, 0.05) is 30.4 Å². The number of pyridine rings is 1. The summed E-state index contributed by atoms with van der Waals surface area (Å²) in [6.07, 6.45) is 1.18. The van der Waals surface area contributed by atoms with Crippen molar-refractivity contribution in [3.63, 3.8) is 0 Å². The lowest BCUT2D eigenvalue weighted by Crippen LogP contribution is -2.43. The van der Waals surface area contributed by atoms with Gasteiger partial charge in [0.1, 0.15) is 6.54 Å². The van der Waals surface area contributed by atoms with E-state index in [9.17, 15) is 0 Å². The molecule has 1 aromatic carbocycles. The van der Waals surface area contributed by atoms with Crippen LogP contribution in [-0.4, -0.2) is 0 Å². The predicted octanol–water partition coefficient (Wildman–Crippen LogP) is 5.30. The Morgan fingerprint density at radius 1 is 0.810 bits per heavy atom. The highest BCUT2D eigenvalue weighted by Crippen LogP contribution is 2.25. The van der Waals surface area contributed by atoms with E-state index in [0.717, 1.165) is 6.54 Å². The lowest BCUT2D eigenvalue weighted by molar-refractivity contribution is -0.713. The molecule has 0 spiro atoms. The van der Waals surface area contributed by atoms with Crippen molar-refractivity contribution in [1.82, 2.24) is 0 Å². The molecule has 1 aromatic heterocycles. The van der Waals surface area contributed by atoms with E-state index in [0.29, 0.717) is 11.8 Å². The minimum atomic E-state index is 0.540. The summed E-state index contributed by atoms with van der Waals surface area (Å²) in [7, 11) is 0. The summed E-state index contributed by atoms with van der Waals surface area (Å²) in [4.78, 5) is 0. The molecule has 0 saturated carbocycles. The molecule has 0 N–H and O–H groups in total. The van der Waals surface area contributed by atoms with Crippen LogP contribution in [0.1, 0.15) is 64.3 Å². The normalized spacial score (nSPS) is 11.4. The molecule has 2 rings (SSSR count). The number of hydrogen-bond acceptors (Lipinski definition) is 0. The number of nitrogens with zero attached hydrogens (tertiary/aromatic N) is 1. The Bertz CT molecular complexity index is 553. The molecule has 0 aliphatic rings. The second-order valence-electron chi connectivity index (χ2n) is 6.42. The smallest absolute Gasteiger partial charge is 0.184 e. The van der Waals surface area contributed by atoms with E-state index in [2.05, 4.69) is 81.7 Å². The van der Waals surface area contributed by atoms with Crippen molar-refractivity contribution < 1.29 is 4.57 Å². The Hall–Kier alpha value is -1.63. The van der Waals surface area contributed by atoms with E-state index in [1.165, 1.54) is 28.9 Å². The third kappa shape index (κ3) is 3.53. The Balaban J connectivity index is 2.64. The minimum Gasteiger partial charge on any atom is -0.199 e. The van der Waals surface area contributed by atoms with E-state index >= 15 is 0 Å². The van der Waals surface area contributed by atoms with Crippen molar-refractivity contribution in [2.75, 3.05) is 0 Å². The fourth-order valence-corrected chi connectivity index (χ4v) is 2.90. The Morgan fingerprint density at radius 2 is 1.33 bits per heavy atom. The van der Waals surface area contributed by atoms with E-state index in [-0.39, 0.29) is 0 Å². The second kappa shape index (κ2) is 6.89. The van der Waals surface area contributed by atoms with Crippen LogP contribution in [0, 0.1) is 0 Å². The molecule has 112 valence electrons. The zero-order chi connectivity index (χ0) is 15.4. The number of aromatic nitrogens is 1. The van der Waals surface area contributed by atoms with E-state index in [1.54, 1.807) is 0 Å². The number of hydrogen-bond donors (Lipinski definition) is 0. The third-order valence-corrected chi connectivity index (χ3v) is 3.97. The first-order chi connectivity index (χ1) is 10.0. The maximum atomic E-state index is 2.53. The molecule has 1 heterocycles. The van der Waals surface area contributed by atoms with Crippen LogP contribution in [-0.2, 0) is 6.54 Å². The maximum absolute atomic E-state index is 2.53. The molecular weight excluding hydrogens is 254 g/mol. The predicted molar refractivity (Wildman–Crippen MR) is 90.5 cm³/mol. The van der Waals surface area contributed by atoms with Crippen LogP contribution >= 0.6 is 0 Å². The van der Waals surface area contributed by atoms with Gasteiger partial charge in [0.2, 0.25) is 0 Å². The maximum Gasteiger partial charge on any atom is 0.184 e. The summed E-state index contributed by atoms with van der Waals surface area (Å²) in [5.74, 6) is 1.08. The fourth-order valence-electron chi connectivity index (χ4n) is 2.90. The van der Waals surface area contributed by atoms with Crippen LogP contribution in [0.25, 0.3) is 11.1 Å². The van der Waals surface area contributed by atoms with Gasteiger partial charge in [0.05, 0.1) is 0 Å². The zero-order valence-electron chi connectivity index (χ0n) is 14.1. The van der Waals surface area contributed by atoms with Gasteiger partial charge in [-0.3, -0.25) is 0 Å². The molecule has 21 heavy (non-hydrogen) atoms. The van der Waals surface area contributed by atoms with Gasteiger partial charge in [-0.25, -0.2) is 0 Å². The van der Waals surface area contributed by atoms with Gasteiger partial charge in [-0.15, -0.1) is 0 Å². The molecule has 0 fully saturated rings. The molecule has 0 amide bonds. The second-order valence-corrected chi connectivity index (χ2v) is 6.42. The van der Waals surface area contributed by atoms with Crippen LogP contribution in [0.5, 0.6) is 0 Å². The van der Waals surface area contributed by atoms with Gasteiger partial charge in [0.15, 0.2) is 11.4 Å². The van der Waals surface area contributed by atoms with Gasteiger partial charge >= 0.3 is 0 Å². The molecule has 0 saturated heterocycles. The van der Waals surface area contributed by atoms with Crippen molar-refractivity contribution in [2.45, 2.75) is 59.4 Å². The van der Waals surface area contributed by atoms with Crippen molar-refractivity contribution in [2.24, 2.45) is 0 Å².